The minimum Gasteiger partial charge on any atom is -0.319 e. The van der Waals surface area contributed by atoms with E-state index in [4.69, 9.17) is 0 Å². The van der Waals surface area contributed by atoms with Crippen LogP contribution in [0.15, 0.2) is 60.2 Å². The van der Waals surface area contributed by atoms with Gasteiger partial charge in [0.25, 0.3) is 11.6 Å². The summed E-state index contributed by atoms with van der Waals surface area (Å²) in [5.41, 5.74) is 2.39. The number of nitriles is 1. The fourth-order valence-electron chi connectivity index (χ4n) is 3.13. The highest BCUT2D eigenvalue weighted by Crippen LogP contribution is 2.25. The van der Waals surface area contributed by atoms with Crippen LogP contribution in [0.2, 0.25) is 0 Å². The standard InChI is InChI=1S/C22H17FN4O3/c1-14-10-16(15(2)26(14)18-6-5-7-19(12-18)27(29)30)11-17(13-24)22(28)25-21-9-4-3-8-20(21)23/h3-12H,1-2H3,(H,25,28)/b17-11+. The fraction of sp³-hybridized carbons (Fsp3) is 0.0909. The van der Waals surface area contributed by atoms with Crippen molar-refractivity contribution >= 4 is 23.4 Å². The van der Waals surface area contributed by atoms with Crippen LogP contribution >= 0.6 is 0 Å². The van der Waals surface area contributed by atoms with E-state index in [9.17, 15) is 24.6 Å². The molecule has 0 fully saturated rings. The number of amides is 1. The smallest absolute Gasteiger partial charge is 0.271 e. The molecule has 0 saturated carbocycles. The first-order valence-electron chi connectivity index (χ1n) is 8.93. The molecule has 3 aromatic rings. The highest BCUT2D eigenvalue weighted by molar-refractivity contribution is 6.09. The summed E-state index contributed by atoms with van der Waals surface area (Å²) in [5, 5.41) is 22.9. The zero-order valence-electron chi connectivity index (χ0n) is 16.2. The van der Waals surface area contributed by atoms with Crippen LogP contribution in [0.25, 0.3) is 11.8 Å². The number of nitrogens with one attached hydrogen (secondary N) is 1. The lowest BCUT2D eigenvalue weighted by atomic mass is 10.1. The molecule has 150 valence electrons. The van der Waals surface area contributed by atoms with Crippen LogP contribution in [0, 0.1) is 41.1 Å². The Morgan fingerprint density at radius 3 is 2.60 bits per heavy atom. The zero-order chi connectivity index (χ0) is 21.8. The number of hydrogen-bond donors (Lipinski definition) is 1. The molecule has 1 heterocycles. The van der Waals surface area contributed by atoms with Gasteiger partial charge < -0.3 is 9.88 Å². The average molecular weight is 404 g/mol. The number of nitro benzene ring substituents is 1. The number of carbonyl (C=O) groups excluding carboxylic acids is 1. The summed E-state index contributed by atoms with van der Waals surface area (Å²) in [6, 6.07) is 15.4. The van der Waals surface area contributed by atoms with Gasteiger partial charge in [0, 0.05) is 23.5 Å². The Morgan fingerprint density at radius 1 is 1.20 bits per heavy atom. The van der Waals surface area contributed by atoms with Crippen LogP contribution in [-0.4, -0.2) is 15.4 Å². The number of anilines is 1. The monoisotopic (exact) mass is 404 g/mol. The Bertz CT molecular complexity index is 1220. The maximum absolute atomic E-state index is 13.8. The van der Waals surface area contributed by atoms with Gasteiger partial charge in [-0.15, -0.1) is 0 Å². The van der Waals surface area contributed by atoms with Gasteiger partial charge in [-0.1, -0.05) is 18.2 Å². The number of halogens is 1. The van der Waals surface area contributed by atoms with Gasteiger partial charge in [-0.05, 0) is 49.8 Å². The van der Waals surface area contributed by atoms with Crippen molar-refractivity contribution in [2.24, 2.45) is 0 Å². The molecule has 0 aliphatic carbocycles. The second-order valence-electron chi connectivity index (χ2n) is 6.54. The Kier molecular flexibility index (Phi) is 5.74. The number of para-hydroxylation sites is 1. The van der Waals surface area contributed by atoms with Crippen LogP contribution < -0.4 is 5.32 Å². The molecule has 1 aromatic heterocycles. The topological polar surface area (TPSA) is 101 Å². The number of benzene rings is 2. The van der Waals surface area contributed by atoms with Crippen LogP contribution in [0.4, 0.5) is 15.8 Å². The predicted molar refractivity (Wildman–Crippen MR) is 111 cm³/mol. The summed E-state index contributed by atoms with van der Waals surface area (Å²) in [7, 11) is 0. The van der Waals surface area contributed by atoms with Gasteiger partial charge in [-0.25, -0.2) is 4.39 Å². The molecule has 2 aromatic carbocycles. The van der Waals surface area contributed by atoms with E-state index in [-0.39, 0.29) is 16.9 Å². The third-order valence-corrected chi connectivity index (χ3v) is 4.56. The summed E-state index contributed by atoms with van der Waals surface area (Å²) in [4.78, 5) is 23.0. The summed E-state index contributed by atoms with van der Waals surface area (Å²) in [5.74, 6) is -1.34. The number of aromatic nitrogens is 1. The molecule has 0 aliphatic heterocycles. The average Bonchev–Trinajstić information content (AvgIpc) is 3.00. The normalized spacial score (nSPS) is 11.1. The van der Waals surface area contributed by atoms with E-state index >= 15 is 0 Å². The van der Waals surface area contributed by atoms with E-state index in [2.05, 4.69) is 5.32 Å². The molecular formula is C22H17FN4O3. The molecule has 30 heavy (non-hydrogen) atoms. The van der Waals surface area contributed by atoms with Crippen LogP contribution in [0.5, 0.6) is 0 Å². The van der Waals surface area contributed by atoms with Crippen LogP contribution in [-0.2, 0) is 4.79 Å². The Balaban J connectivity index is 1.97. The number of aryl methyl sites for hydroxylation is 1. The molecule has 0 spiro atoms. The van der Waals surface area contributed by atoms with Crippen molar-refractivity contribution < 1.29 is 14.1 Å². The number of nitrogens with zero attached hydrogens (tertiary/aromatic N) is 3. The van der Waals surface area contributed by atoms with Crippen LogP contribution in [0.3, 0.4) is 0 Å². The molecule has 0 atom stereocenters. The number of carbonyl (C=O) groups is 1. The molecule has 0 aliphatic rings. The second kappa shape index (κ2) is 8.41. The van der Waals surface area contributed by atoms with Crippen molar-refractivity contribution in [3.63, 3.8) is 0 Å². The van der Waals surface area contributed by atoms with Gasteiger partial charge >= 0.3 is 0 Å². The van der Waals surface area contributed by atoms with Gasteiger partial charge in [-0.2, -0.15) is 5.26 Å². The Morgan fingerprint density at radius 2 is 1.93 bits per heavy atom. The van der Waals surface area contributed by atoms with Gasteiger partial charge in [-0.3, -0.25) is 14.9 Å². The van der Waals surface area contributed by atoms with E-state index in [1.165, 1.54) is 36.4 Å². The predicted octanol–water partition coefficient (Wildman–Crippen LogP) is 4.69. The SMILES string of the molecule is Cc1cc(/C=C(\C#N)C(=O)Nc2ccccc2F)c(C)n1-c1cccc([N+](=O)[O-])c1. The van der Waals surface area contributed by atoms with Gasteiger partial charge in [0.15, 0.2) is 0 Å². The molecule has 0 unspecified atom stereocenters. The minimum atomic E-state index is -0.734. The molecule has 0 saturated heterocycles. The van der Waals surface area contributed by atoms with Crippen molar-refractivity contribution in [2.75, 3.05) is 5.32 Å². The third-order valence-electron chi connectivity index (χ3n) is 4.56. The maximum atomic E-state index is 13.8. The van der Waals surface area contributed by atoms with Crippen molar-refractivity contribution in [3.8, 4) is 11.8 Å². The molecule has 0 radical (unpaired) electrons. The molecule has 1 N–H and O–H groups in total. The van der Waals surface area contributed by atoms with E-state index < -0.39 is 16.6 Å². The Labute approximate surface area is 171 Å². The number of nitro groups is 1. The van der Waals surface area contributed by atoms with E-state index in [1.807, 2.05) is 13.0 Å². The summed E-state index contributed by atoms with van der Waals surface area (Å²) in [6.45, 7) is 3.59. The lowest BCUT2D eigenvalue weighted by molar-refractivity contribution is -0.384. The van der Waals surface area contributed by atoms with Crippen molar-refractivity contribution in [2.45, 2.75) is 13.8 Å². The van der Waals surface area contributed by atoms with Gasteiger partial charge in [0.2, 0.25) is 0 Å². The largest absolute Gasteiger partial charge is 0.319 e. The molecule has 7 nitrogen and oxygen atoms in total. The third kappa shape index (κ3) is 4.10. The molecule has 8 heteroatoms. The minimum absolute atomic E-state index is 0.0225. The maximum Gasteiger partial charge on any atom is 0.271 e. The quantitative estimate of drug-likeness (QED) is 0.289. The molecule has 3 rings (SSSR count). The first-order valence-corrected chi connectivity index (χ1v) is 8.93. The first-order chi connectivity index (χ1) is 14.3. The zero-order valence-corrected chi connectivity index (χ0v) is 16.2. The van der Waals surface area contributed by atoms with E-state index in [1.54, 1.807) is 35.8 Å². The Hall–Kier alpha value is -4.25. The van der Waals surface area contributed by atoms with Gasteiger partial charge in [0.05, 0.1) is 16.3 Å². The first kappa shape index (κ1) is 20.5. The molecule has 0 bridgehead atoms. The van der Waals surface area contributed by atoms with Crippen molar-refractivity contribution in [1.82, 2.24) is 4.57 Å². The number of hydrogen-bond acceptors (Lipinski definition) is 4. The summed E-state index contributed by atoms with van der Waals surface area (Å²) < 4.78 is 15.6. The summed E-state index contributed by atoms with van der Waals surface area (Å²) >= 11 is 0. The van der Waals surface area contributed by atoms with Crippen LogP contribution in [0.1, 0.15) is 17.0 Å². The molecule has 1 amide bonds. The highest BCUT2D eigenvalue weighted by Gasteiger charge is 2.16. The number of non-ortho nitro benzene ring substituents is 1. The lowest BCUT2D eigenvalue weighted by Crippen LogP contribution is -2.14. The van der Waals surface area contributed by atoms with Gasteiger partial charge in [0.1, 0.15) is 17.5 Å². The van der Waals surface area contributed by atoms with E-state index in [0.717, 1.165) is 5.69 Å². The van der Waals surface area contributed by atoms with E-state index in [0.29, 0.717) is 16.9 Å². The second-order valence-corrected chi connectivity index (χ2v) is 6.54. The highest BCUT2D eigenvalue weighted by atomic mass is 19.1. The number of rotatable bonds is 5. The van der Waals surface area contributed by atoms with Crippen molar-refractivity contribution in [3.05, 3.63) is 93.1 Å². The summed E-state index contributed by atoms with van der Waals surface area (Å²) in [6.07, 6.45) is 1.41. The fourth-order valence-corrected chi connectivity index (χ4v) is 3.13. The molecular weight excluding hydrogens is 387 g/mol. The van der Waals surface area contributed by atoms with Crippen molar-refractivity contribution in [1.29, 1.82) is 5.26 Å². The lowest BCUT2D eigenvalue weighted by Gasteiger charge is -2.09.